The minimum absolute atomic E-state index is 0.298. The molecule has 14 nitrogen and oxygen atoms in total. The monoisotopic (exact) mass is 448 g/mol. The van der Waals surface area contributed by atoms with Gasteiger partial charge in [0.05, 0.1) is 2.74 Å². The number of halogens is 1. The summed E-state index contributed by atoms with van der Waals surface area (Å²) in [6, 6.07) is 0. The van der Waals surface area contributed by atoms with Crippen molar-refractivity contribution in [3.63, 3.8) is 0 Å². The molecule has 156 valence electrons. The van der Waals surface area contributed by atoms with Gasteiger partial charge in [0, 0.05) is 6.20 Å². The molecule has 0 aliphatic carbocycles. The third kappa shape index (κ3) is 4.83. The zero-order chi connectivity index (χ0) is 23.3. The van der Waals surface area contributed by atoms with Crippen molar-refractivity contribution in [3.05, 3.63) is 32.6 Å². The van der Waals surface area contributed by atoms with Gasteiger partial charge in [0.2, 0.25) is 0 Å². The molecule has 6 N–H and O–H groups in total. The van der Waals surface area contributed by atoms with Gasteiger partial charge in [0.25, 0.3) is 11.4 Å². The Balaban J connectivity index is 2.45. The van der Waals surface area contributed by atoms with Crippen molar-refractivity contribution >= 4 is 15.6 Å². The summed E-state index contributed by atoms with van der Waals surface area (Å²) >= 11 is 0. The molecule has 1 aromatic rings. The molecule has 1 aliphatic heterocycles. The Morgan fingerprint density at radius 3 is 2.57 bits per heavy atom. The Bertz CT molecular complexity index is 1090. The molecule has 1 unspecified atom stereocenters. The Kier molecular flexibility index (Phi) is 5.34. The fourth-order valence-corrected chi connectivity index (χ4v) is 3.49. The number of ether oxygens (including phenoxy) is 1. The molecule has 2 heterocycles. The Morgan fingerprint density at radius 1 is 1.43 bits per heavy atom. The van der Waals surface area contributed by atoms with Crippen LogP contribution in [0.5, 0.6) is 0 Å². The number of aliphatic hydroxyl groups excluding tert-OH is 2. The molecule has 0 bridgehead atoms. The average molecular weight is 448 g/mol. The highest BCUT2D eigenvalue weighted by atomic mass is 31.3. The molecule has 1 aliphatic rings. The molecule has 28 heavy (non-hydrogen) atoms. The number of nitrogens with zero attached hydrogens (tertiary/aromatic N) is 1. The molecule has 1 aromatic heterocycles. The number of alkyl halides is 1. The number of terminal acetylenes is 1. The SMILES string of the molecule is [2H]C([2H])(OP(=O)(O)OP(=O)(O)O)[C@@]1(F)O[C@@H](n2cc(C#C)c(=O)[nH]c2=O)[C@H](O)[C@@H]1O. The van der Waals surface area contributed by atoms with Crippen LogP contribution in [0.2, 0.25) is 0 Å². The summed E-state index contributed by atoms with van der Waals surface area (Å²) in [5, 5.41) is 19.9. The van der Waals surface area contributed by atoms with Crippen molar-refractivity contribution in [1.29, 1.82) is 0 Å². The number of aromatic amines is 1. The molecule has 5 atom stereocenters. The van der Waals surface area contributed by atoms with E-state index in [0.717, 1.165) is 0 Å². The lowest BCUT2D eigenvalue weighted by atomic mass is 10.1. The minimum atomic E-state index is -5.99. The van der Waals surface area contributed by atoms with E-state index >= 15 is 4.39 Å². The first-order valence-electron chi connectivity index (χ1n) is 7.79. The molecule has 1 fully saturated rings. The number of phosphoric ester groups is 1. The van der Waals surface area contributed by atoms with Crippen LogP contribution in [0.3, 0.4) is 0 Å². The van der Waals surface area contributed by atoms with E-state index in [1.54, 1.807) is 4.98 Å². The zero-order valence-corrected chi connectivity index (χ0v) is 15.0. The third-order valence-electron chi connectivity index (χ3n) is 3.20. The summed E-state index contributed by atoms with van der Waals surface area (Å²) in [6.45, 7) is -4.19. The van der Waals surface area contributed by atoms with E-state index in [1.807, 2.05) is 5.92 Å². The molecule has 0 amide bonds. The van der Waals surface area contributed by atoms with Gasteiger partial charge in [-0.15, -0.1) is 6.42 Å². The van der Waals surface area contributed by atoms with Gasteiger partial charge in [-0.2, -0.15) is 4.31 Å². The second-order valence-corrected chi connectivity index (χ2v) is 7.93. The number of nitrogens with one attached hydrogen (secondary N) is 1. The Morgan fingerprint density at radius 2 is 2.04 bits per heavy atom. The standard InChI is InChI=1S/C11H13FN2O12P2/c1-2-5-3-14(10(18)13-8(5)17)9-6(15)7(16)11(12,25-9)4-24-28(22,23)26-27(19,20)21/h1,3,6-7,9,15-16H,4H2,(H,22,23)(H,13,17,18)(H2,19,20,21)/t6-,7+,9-,11-/m1/s1/i4D2. The summed E-state index contributed by atoms with van der Waals surface area (Å²) in [6.07, 6.45) is -1.88. The topological polar surface area (TPSA) is 218 Å². The largest absolute Gasteiger partial charge is 0.481 e. The summed E-state index contributed by atoms with van der Waals surface area (Å²) in [5.41, 5.74) is -2.85. The van der Waals surface area contributed by atoms with Crippen LogP contribution in [0.15, 0.2) is 15.8 Å². The molecule has 2 rings (SSSR count). The maximum Gasteiger partial charge on any atom is 0.481 e. The van der Waals surface area contributed by atoms with Gasteiger partial charge in [0.1, 0.15) is 24.3 Å². The van der Waals surface area contributed by atoms with E-state index < -0.39 is 63.3 Å². The van der Waals surface area contributed by atoms with Gasteiger partial charge in [-0.25, -0.2) is 18.3 Å². The van der Waals surface area contributed by atoms with Gasteiger partial charge in [0.15, 0.2) is 6.23 Å². The highest BCUT2D eigenvalue weighted by Gasteiger charge is 2.57. The fourth-order valence-electron chi connectivity index (χ4n) is 2.04. The first-order valence-corrected chi connectivity index (χ1v) is 9.82. The lowest BCUT2D eigenvalue weighted by molar-refractivity contribution is -0.205. The van der Waals surface area contributed by atoms with E-state index in [2.05, 4.69) is 13.6 Å². The smallest absolute Gasteiger partial charge is 0.385 e. The van der Waals surface area contributed by atoms with Crippen LogP contribution in [0.25, 0.3) is 0 Å². The van der Waals surface area contributed by atoms with Crippen molar-refractivity contribution in [1.82, 2.24) is 9.55 Å². The summed E-state index contributed by atoms with van der Waals surface area (Å²) in [7, 11) is -11.7. The van der Waals surface area contributed by atoms with Gasteiger partial charge in [-0.3, -0.25) is 18.9 Å². The van der Waals surface area contributed by atoms with E-state index in [1.165, 1.54) is 0 Å². The second kappa shape index (κ2) is 7.62. The quantitative estimate of drug-likeness (QED) is 0.199. The van der Waals surface area contributed by atoms with Crippen LogP contribution in [0.4, 0.5) is 4.39 Å². The molecular formula is C11H13FN2O12P2. The van der Waals surface area contributed by atoms with Crippen LogP contribution in [-0.2, 0) is 22.7 Å². The predicted molar refractivity (Wildman–Crippen MR) is 84.1 cm³/mol. The molecule has 1 saturated heterocycles. The Labute approximate surface area is 156 Å². The van der Waals surface area contributed by atoms with Gasteiger partial charge >= 0.3 is 21.3 Å². The van der Waals surface area contributed by atoms with Crippen molar-refractivity contribution in [2.24, 2.45) is 0 Å². The van der Waals surface area contributed by atoms with Crippen LogP contribution < -0.4 is 11.2 Å². The van der Waals surface area contributed by atoms with Gasteiger partial charge < -0.3 is 29.6 Å². The van der Waals surface area contributed by atoms with Crippen molar-refractivity contribution in [2.45, 2.75) is 24.3 Å². The summed E-state index contributed by atoms with van der Waals surface area (Å²) in [4.78, 5) is 51.4. The Hall–Kier alpha value is -1.69. The van der Waals surface area contributed by atoms with Gasteiger partial charge in [-0.05, 0) is 0 Å². The molecule has 0 spiro atoms. The van der Waals surface area contributed by atoms with Gasteiger partial charge in [-0.1, -0.05) is 5.92 Å². The summed E-state index contributed by atoms with van der Waals surface area (Å²) < 4.78 is 64.2. The second-order valence-electron chi connectivity index (χ2n) is 5.18. The highest BCUT2D eigenvalue weighted by Crippen LogP contribution is 2.58. The molecular weight excluding hydrogens is 433 g/mol. The minimum Gasteiger partial charge on any atom is -0.385 e. The van der Waals surface area contributed by atoms with Crippen LogP contribution in [0, 0.1) is 12.3 Å². The maximum atomic E-state index is 15.2. The first-order chi connectivity index (χ1) is 13.4. The lowest BCUT2D eigenvalue weighted by Gasteiger charge is -2.23. The lowest BCUT2D eigenvalue weighted by Crippen LogP contribution is -2.43. The third-order valence-corrected chi connectivity index (χ3v) is 5.19. The van der Waals surface area contributed by atoms with E-state index in [9.17, 15) is 33.8 Å². The van der Waals surface area contributed by atoms with E-state index in [0.29, 0.717) is 10.8 Å². The predicted octanol–water partition coefficient (Wildman–Crippen LogP) is -2.34. The molecule has 0 saturated carbocycles. The van der Waals surface area contributed by atoms with Crippen molar-refractivity contribution in [2.75, 3.05) is 6.56 Å². The molecule has 0 aromatic carbocycles. The maximum absolute atomic E-state index is 15.2. The van der Waals surface area contributed by atoms with Crippen molar-refractivity contribution < 1.29 is 54.7 Å². The number of phosphoric acid groups is 2. The van der Waals surface area contributed by atoms with E-state index in [-0.39, 0.29) is 0 Å². The number of rotatable bonds is 6. The number of aliphatic hydroxyl groups is 2. The van der Waals surface area contributed by atoms with Crippen LogP contribution in [-0.4, -0.2) is 59.1 Å². The number of hydrogen-bond acceptors (Lipinski definition) is 9. The van der Waals surface area contributed by atoms with Crippen LogP contribution in [0.1, 0.15) is 14.5 Å². The molecule has 17 heteroatoms. The van der Waals surface area contributed by atoms with Crippen LogP contribution >= 0.6 is 15.6 Å². The fraction of sp³-hybridized carbons (Fsp3) is 0.455. The number of aromatic nitrogens is 2. The normalized spacial score (nSPS) is 31.5. The first kappa shape index (κ1) is 19.6. The zero-order valence-electron chi connectivity index (χ0n) is 15.2. The van der Waals surface area contributed by atoms with E-state index in [4.69, 9.17) is 19.0 Å². The van der Waals surface area contributed by atoms with Crippen molar-refractivity contribution in [3.8, 4) is 12.3 Å². The number of H-pyrrole nitrogens is 1. The number of hydrogen-bond donors (Lipinski definition) is 6. The summed E-state index contributed by atoms with van der Waals surface area (Å²) in [5.74, 6) is -2.33. The highest BCUT2D eigenvalue weighted by molar-refractivity contribution is 7.60. The average Bonchev–Trinajstić information content (AvgIpc) is 2.77. The molecule has 0 radical (unpaired) electrons.